The molecule has 1 fully saturated rings. The lowest BCUT2D eigenvalue weighted by atomic mass is 10.0. The van der Waals surface area contributed by atoms with E-state index >= 15 is 0 Å². The Hall–Kier alpha value is -5.84. The zero-order valence-electron chi connectivity index (χ0n) is 31.3. The first-order chi connectivity index (χ1) is 27.4. The van der Waals surface area contributed by atoms with E-state index < -0.39 is 33.1 Å². The fourth-order valence-corrected chi connectivity index (χ4v) is 7.48. The number of sulfone groups is 1. The third-order valence-corrected chi connectivity index (χ3v) is 10.7. The molecule has 0 saturated carbocycles. The summed E-state index contributed by atoms with van der Waals surface area (Å²) >= 11 is 6.85. The predicted molar refractivity (Wildman–Crippen MR) is 217 cm³/mol. The van der Waals surface area contributed by atoms with Gasteiger partial charge in [-0.1, -0.05) is 23.7 Å². The molecule has 3 aromatic carbocycles. The summed E-state index contributed by atoms with van der Waals surface area (Å²) in [7, 11) is -1.49. The molecule has 0 radical (unpaired) electrons. The molecule has 0 bridgehead atoms. The minimum absolute atomic E-state index is 0.0475. The van der Waals surface area contributed by atoms with Gasteiger partial charge in [0.1, 0.15) is 44.3 Å². The summed E-state index contributed by atoms with van der Waals surface area (Å²) in [5.74, 6) is -1.51. The Balaban J connectivity index is 1.19. The lowest BCUT2D eigenvalue weighted by Crippen LogP contribution is -2.47. The van der Waals surface area contributed by atoms with Gasteiger partial charge in [0.15, 0.2) is 0 Å². The number of nitrogens with zero attached hydrogens (tertiary/aromatic N) is 6. The highest BCUT2D eigenvalue weighted by Gasteiger charge is 2.24. The maximum Gasteiger partial charge on any atom is 0.259 e. The van der Waals surface area contributed by atoms with E-state index in [1.165, 1.54) is 12.3 Å². The van der Waals surface area contributed by atoms with Crippen LogP contribution in [0.4, 0.5) is 31.8 Å². The number of benzene rings is 3. The van der Waals surface area contributed by atoms with Crippen molar-refractivity contribution in [3.05, 3.63) is 107 Å². The number of rotatable bonds is 13. The van der Waals surface area contributed by atoms with Crippen molar-refractivity contribution in [3.8, 4) is 34.1 Å². The van der Waals surface area contributed by atoms with Crippen LogP contribution in [0.5, 0.6) is 11.5 Å². The number of halogens is 3. The Morgan fingerprint density at radius 2 is 1.72 bits per heavy atom. The molecule has 17 heteroatoms. The number of fused-ring (bicyclic) bond motifs is 1. The van der Waals surface area contributed by atoms with Gasteiger partial charge in [0, 0.05) is 63.0 Å². The van der Waals surface area contributed by atoms with E-state index in [4.69, 9.17) is 31.0 Å². The van der Waals surface area contributed by atoms with Crippen LogP contribution in [0.2, 0.25) is 5.02 Å². The fourth-order valence-electron chi connectivity index (χ4n) is 6.61. The quantitative estimate of drug-likeness (QED) is 0.125. The van der Waals surface area contributed by atoms with Gasteiger partial charge in [-0.05, 0) is 61.5 Å². The maximum atomic E-state index is 14.5. The maximum absolute atomic E-state index is 14.5. The molecule has 57 heavy (non-hydrogen) atoms. The van der Waals surface area contributed by atoms with Crippen molar-refractivity contribution in [2.45, 2.75) is 6.92 Å². The first kappa shape index (κ1) is 39.4. The SMILES string of the molecule is CCOc1ccc(-c2nc3ccccn3c2-c2ccnc(Nc3cc(Cl)c(N4CCN(CCS(C)(=O)=O)CC4)cc3OC)n2)cc1C(=O)Nc1c(F)cccc1F. The third-order valence-electron chi connectivity index (χ3n) is 9.43. The molecule has 3 aromatic heterocycles. The van der Waals surface area contributed by atoms with Gasteiger partial charge >= 0.3 is 0 Å². The number of methoxy groups -OCH3 is 1. The van der Waals surface area contributed by atoms with Crippen LogP contribution in [0.15, 0.2) is 85.2 Å². The monoisotopic (exact) mass is 816 g/mol. The lowest BCUT2D eigenvalue weighted by Gasteiger charge is -2.36. The number of carbonyl (C=O) groups is 1. The second-order valence-corrected chi connectivity index (χ2v) is 16.0. The number of amides is 1. The minimum Gasteiger partial charge on any atom is -0.494 e. The van der Waals surface area contributed by atoms with Crippen molar-refractivity contribution in [1.82, 2.24) is 24.3 Å². The van der Waals surface area contributed by atoms with Crippen LogP contribution in [-0.2, 0) is 9.84 Å². The molecule has 1 amide bonds. The number of hydrogen-bond acceptors (Lipinski definition) is 11. The van der Waals surface area contributed by atoms with Gasteiger partial charge < -0.3 is 25.0 Å². The highest BCUT2D eigenvalue weighted by Crippen LogP contribution is 2.39. The Labute approximate surface area is 333 Å². The fraction of sp³-hybridized carbons (Fsp3) is 0.250. The topological polar surface area (TPSA) is 143 Å². The Bertz CT molecular complexity index is 2550. The number of anilines is 4. The van der Waals surface area contributed by atoms with Crippen LogP contribution in [0.3, 0.4) is 0 Å². The van der Waals surface area contributed by atoms with E-state index in [9.17, 15) is 22.0 Å². The molecule has 296 valence electrons. The van der Waals surface area contributed by atoms with Crippen LogP contribution >= 0.6 is 11.6 Å². The molecule has 0 atom stereocenters. The largest absolute Gasteiger partial charge is 0.494 e. The molecule has 1 aliphatic heterocycles. The molecule has 0 aliphatic carbocycles. The number of nitrogens with one attached hydrogen (secondary N) is 2. The number of ether oxygens (including phenoxy) is 2. The summed E-state index contributed by atoms with van der Waals surface area (Å²) in [5.41, 5.74) is 3.46. The van der Waals surface area contributed by atoms with Crippen molar-refractivity contribution in [2.24, 2.45) is 0 Å². The van der Waals surface area contributed by atoms with Crippen molar-refractivity contribution in [1.29, 1.82) is 0 Å². The number of carbonyl (C=O) groups excluding carboxylic acids is 1. The van der Waals surface area contributed by atoms with Crippen molar-refractivity contribution in [2.75, 3.05) is 74.0 Å². The molecule has 0 unspecified atom stereocenters. The third kappa shape index (κ3) is 8.77. The highest BCUT2D eigenvalue weighted by atomic mass is 35.5. The number of aromatic nitrogens is 4. The number of hydrogen-bond donors (Lipinski definition) is 2. The Kier molecular flexibility index (Phi) is 11.6. The summed E-state index contributed by atoms with van der Waals surface area (Å²) in [4.78, 5) is 32.1. The number of pyridine rings is 1. The number of imidazole rings is 1. The standard InChI is InChI=1S/C40H39ClF2N8O5S/c1-4-56-33-12-11-25(22-26(33)39(52)48-37-28(42)8-7-9-29(37)43)36-38(51-15-6-5-10-35(51)47-36)30-13-14-44-40(45-30)46-31-23-27(41)32(24-34(31)55-2)50-18-16-49(17-19-50)20-21-57(3,53)54/h5-15,22-24H,4,16-21H2,1-3H3,(H,48,52)(H,44,45,46). The number of para-hydroxylation sites is 1. The normalized spacial score (nSPS) is 13.5. The predicted octanol–water partition coefficient (Wildman–Crippen LogP) is 6.96. The molecule has 7 rings (SSSR count). The highest BCUT2D eigenvalue weighted by molar-refractivity contribution is 7.90. The smallest absolute Gasteiger partial charge is 0.259 e. The van der Waals surface area contributed by atoms with Crippen LogP contribution in [0.25, 0.3) is 28.3 Å². The molecule has 0 spiro atoms. The molecule has 1 aliphatic rings. The first-order valence-corrected chi connectivity index (χ1v) is 20.5. The van der Waals surface area contributed by atoms with E-state index in [1.54, 1.807) is 50.6 Å². The summed E-state index contributed by atoms with van der Waals surface area (Å²) < 4.78 is 65.7. The van der Waals surface area contributed by atoms with Gasteiger partial charge in [0.25, 0.3) is 5.91 Å². The van der Waals surface area contributed by atoms with Gasteiger partial charge in [-0.2, -0.15) is 0 Å². The first-order valence-electron chi connectivity index (χ1n) is 18.0. The summed E-state index contributed by atoms with van der Waals surface area (Å²) in [5, 5.41) is 6.08. The average molecular weight is 817 g/mol. The zero-order chi connectivity index (χ0) is 40.3. The van der Waals surface area contributed by atoms with E-state index in [0.717, 1.165) is 17.8 Å². The molecule has 2 N–H and O–H groups in total. The van der Waals surface area contributed by atoms with Gasteiger partial charge in [0.2, 0.25) is 5.95 Å². The Morgan fingerprint density at radius 1 is 0.947 bits per heavy atom. The van der Waals surface area contributed by atoms with E-state index in [0.29, 0.717) is 77.5 Å². The molecule has 6 aromatic rings. The summed E-state index contributed by atoms with van der Waals surface area (Å²) in [6, 6.07) is 19.1. The zero-order valence-corrected chi connectivity index (χ0v) is 32.9. The van der Waals surface area contributed by atoms with Crippen LogP contribution in [-0.4, -0.2) is 97.0 Å². The Morgan fingerprint density at radius 3 is 2.44 bits per heavy atom. The van der Waals surface area contributed by atoms with Crippen molar-refractivity contribution in [3.63, 3.8) is 0 Å². The summed E-state index contributed by atoms with van der Waals surface area (Å²) in [6.45, 7) is 5.21. The van der Waals surface area contributed by atoms with Crippen LogP contribution in [0, 0.1) is 11.6 Å². The average Bonchev–Trinajstić information content (AvgIpc) is 3.59. The summed E-state index contributed by atoms with van der Waals surface area (Å²) in [6.07, 6.45) is 4.68. The second-order valence-electron chi connectivity index (χ2n) is 13.3. The van der Waals surface area contributed by atoms with E-state index in [-0.39, 0.29) is 29.6 Å². The number of piperazine rings is 1. The van der Waals surface area contributed by atoms with Gasteiger partial charge in [-0.15, -0.1) is 0 Å². The molecule has 4 heterocycles. The van der Waals surface area contributed by atoms with Gasteiger partial charge in [0.05, 0.1) is 58.5 Å². The van der Waals surface area contributed by atoms with Gasteiger partial charge in [-0.25, -0.2) is 32.2 Å². The van der Waals surface area contributed by atoms with E-state index in [2.05, 4.69) is 25.4 Å². The molecule has 1 saturated heterocycles. The molecular weight excluding hydrogens is 778 g/mol. The second kappa shape index (κ2) is 16.7. The minimum atomic E-state index is -3.05. The van der Waals surface area contributed by atoms with Crippen LogP contribution < -0.4 is 25.0 Å². The van der Waals surface area contributed by atoms with Gasteiger partial charge in [-0.3, -0.25) is 14.1 Å². The van der Waals surface area contributed by atoms with E-state index in [1.807, 2.05) is 34.9 Å². The van der Waals surface area contributed by atoms with Crippen molar-refractivity contribution < 1.29 is 31.5 Å². The van der Waals surface area contributed by atoms with Crippen molar-refractivity contribution >= 4 is 56.0 Å². The molecule has 13 nitrogen and oxygen atoms in total. The lowest BCUT2D eigenvalue weighted by molar-refractivity contribution is 0.102. The van der Waals surface area contributed by atoms with Crippen LogP contribution in [0.1, 0.15) is 17.3 Å². The molecular formula is C40H39ClF2N8O5S.